The molecule has 23 heavy (non-hydrogen) atoms. The van der Waals surface area contributed by atoms with Crippen LogP contribution in [0.4, 0.5) is 4.39 Å². The van der Waals surface area contributed by atoms with Crippen molar-refractivity contribution in [2.24, 2.45) is 0 Å². The third kappa shape index (κ3) is 3.15. The Labute approximate surface area is 131 Å². The average molecular weight is 314 g/mol. The zero-order valence-corrected chi connectivity index (χ0v) is 12.5. The fraction of sp³-hybridized carbons (Fsp3) is 0.176. The molecule has 1 N–H and O–H groups in total. The number of nitrogens with one attached hydrogen (secondary N) is 1. The van der Waals surface area contributed by atoms with Gasteiger partial charge >= 0.3 is 5.69 Å². The summed E-state index contributed by atoms with van der Waals surface area (Å²) in [6.07, 6.45) is 0. The van der Waals surface area contributed by atoms with E-state index in [2.05, 4.69) is 4.98 Å². The van der Waals surface area contributed by atoms with Crippen LogP contribution >= 0.6 is 0 Å². The van der Waals surface area contributed by atoms with Crippen LogP contribution in [0.2, 0.25) is 0 Å². The Bertz CT molecular complexity index is 958. The molecule has 0 atom stereocenters. The van der Waals surface area contributed by atoms with Gasteiger partial charge in [0, 0.05) is 0 Å². The molecule has 0 amide bonds. The van der Waals surface area contributed by atoms with Crippen molar-refractivity contribution < 1.29 is 9.13 Å². The first-order chi connectivity index (χ1) is 11.0. The van der Waals surface area contributed by atoms with Gasteiger partial charge in [0.25, 0.3) is 5.56 Å². The Morgan fingerprint density at radius 1 is 1.13 bits per heavy atom. The van der Waals surface area contributed by atoms with Crippen molar-refractivity contribution in [3.8, 4) is 5.75 Å². The summed E-state index contributed by atoms with van der Waals surface area (Å²) in [5, 5.41) is 0.464. The van der Waals surface area contributed by atoms with E-state index in [0.29, 0.717) is 16.7 Å². The van der Waals surface area contributed by atoms with Crippen molar-refractivity contribution in [2.75, 3.05) is 6.61 Å². The lowest BCUT2D eigenvalue weighted by atomic mass is 10.2. The SMILES string of the molecule is Cc1ccc2[nH]c(=O)n(CCOc3ccc(F)cc3)c(=O)c2c1. The van der Waals surface area contributed by atoms with Crippen molar-refractivity contribution in [3.63, 3.8) is 0 Å². The Morgan fingerprint density at radius 3 is 2.61 bits per heavy atom. The second-order valence-electron chi connectivity index (χ2n) is 5.24. The average Bonchev–Trinajstić information content (AvgIpc) is 2.53. The predicted octanol–water partition coefficient (Wildman–Crippen LogP) is 2.22. The second-order valence-corrected chi connectivity index (χ2v) is 5.24. The highest BCUT2D eigenvalue weighted by molar-refractivity contribution is 5.77. The zero-order valence-electron chi connectivity index (χ0n) is 12.5. The maximum Gasteiger partial charge on any atom is 0.328 e. The van der Waals surface area contributed by atoms with Gasteiger partial charge in [-0.1, -0.05) is 11.6 Å². The molecule has 1 aromatic heterocycles. The Morgan fingerprint density at radius 2 is 1.87 bits per heavy atom. The van der Waals surface area contributed by atoms with Crippen LogP contribution < -0.4 is 16.0 Å². The Hall–Kier alpha value is -2.89. The van der Waals surface area contributed by atoms with E-state index in [-0.39, 0.29) is 24.5 Å². The lowest BCUT2D eigenvalue weighted by Crippen LogP contribution is -2.36. The number of H-pyrrole nitrogens is 1. The molecule has 0 saturated heterocycles. The lowest BCUT2D eigenvalue weighted by molar-refractivity contribution is 0.293. The molecule has 0 bridgehead atoms. The number of fused-ring (bicyclic) bond motifs is 1. The monoisotopic (exact) mass is 314 g/mol. The van der Waals surface area contributed by atoms with Crippen LogP contribution in [0.15, 0.2) is 52.1 Å². The molecule has 1 heterocycles. The topological polar surface area (TPSA) is 64.1 Å². The normalized spacial score (nSPS) is 10.9. The van der Waals surface area contributed by atoms with E-state index in [4.69, 9.17) is 4.74 Å². The van der Waals surface area contributed by atoms with Gasteiger partial charge in [0.1, 0.15) is 18.2 Å². The van der Waals surface area contributed by atoms with Crippen LogP contribution in [0.25, 0.3) is 10.9 Å². The van der Waals surface area contributed by atoms with Gasteiger partial charge in [-0.3, -0.25) is 9.36 Å². The highest BCUT2D eigenvalue weighted by atomic mass is 19.1. The van der Waals surface area contributed by atoms with Crippen molar-refractivity contribution in [3.05, 3.63) is 74.7 Å². The summed E-state index contributed by atoms with van der Waals surface area (Å²) in [5.74, 6) is 0.127. The molecular formula is C17H15FN2O3. The predicted molar refractivity (Wildman–Crippen MR) is 85.5 cm³/mol. The number of halogens is 1. The summed E-state index contributed by atoms with van der Waals surface area (Å²) in [6.45, 7) is 2.12. The molecule has 0 aliphatic carbocycles. The molecule has 5 nitrogen and oxygen atoms in total. The fourth-order valence-electron chi connectivity index (χ4n) is 2.35. The molecule has 0 unspecified atom stereocenters. The molecule has 2 aromatic carbocycles. The van der Waals surface area contributed by atoms with Crippen molar-refractivity contribution in [2.45, 2.75) is 13.5 Å². The molecule has 3 rings (SSSR count). The van der Waals surface area contributed by atoms with Crippen molar-refractivity contribution in [1.29, 1.82) is 0 Å². The van der Waals surface area contributed by atoms with Gasteiger partial charge in [-0.2, -0.15) is 0 Å². The van der Waals surface area contributed by atoms with Gasteiger partial charge in [-0.25, -0.2) is 9.18 Å². The maximum atomic E-state index is 12.8. The molecule has 118 valence electrons. The van der Waals surface area contributed by atoms with E-state index in [9.17, 15) is 14.0 Å². The minimum Gasteiger partial charge on any atom is -0.492 e. The van der Waals surface area contributed by atoms with E-state index >= 15 is 0 Å². The van der Waals surface area contributed by atoms with Crippen molar-refractivity contribution >= 4 is 10.9 Å². The number of rotatable bonds is 4. The standard InChI is InChI=1S/C17H15FN2O3/c1-11-2-7-15-14(10-11)16(21)20(17(22)19-15)8-9-23-13-5-3-12(18)4-6-13/h2-7,10H,8-9H2,1H3,(H,19,22). The molecule has 3 aromatic rings. The Kier molecular flexibility index (Phi) is 3.97. The molecule has 0 saturated carbocycles. The maximum absolute atomic E-state index is 12.8. The van der Waals surface area contributed by atoms with Crippen LogP contribution in [-0.4, -0.2) is 16.2 Å². The van der Waals surface area contributed by atoms with E-state index in [1.807, 2.05) is 13.0 Å². The number of aromatic amines is 1. The van der Waals surface area contributed by atoms with Crippen LogP contribution in [-0.2, 0) is 6.54 Å². The quantitative estimate of drug-likeness (QED) is 0.803. The number of ether oxygens (including phenoxy) is 1. The molecule has 0 spiro atoms. The number of aromatic nitrogens is 2. The molecule has 6 heteroatoms. The van der Waals surface area contributed by atoms with E-state index in [1.54, 1.807) is 12.1 Å². The largest absolute Gasteiger partial charge is 0.492 e. The third-order valence-electron chi connectivity index (χ3n) is 3.53. The summed E-state index contributed by atoms with van der Waals surface area (Å²) < 4.78 is 19.3. The van der Waals surface area contributed by atoms with Gasteiger partial charge in [0.2, 0.25) is 0 Å². The number of benzene rings is 2. The lowest BCUT2D eigenvalue weighted by Gasteiger charge is -2.09. The Balaban J connectivity index is 1.84. The molecule has 0 aliphatic heterocycles. The molecule has 0 aliphatic rings. The number of hydrogen-bond acceptors (Lipinski definition) is 3. The first-order valence-corrected chi connectivity index (χ1v) is 7.16. The minimum atomic E-state index is -0.478. The van der Waals surface area contributed by atoms with Crippen LogP contribution in [0.5, 0.6) is 5.75 Å². The molecule has 0 fully saturated rings. The first kappa shape index (κ1) is 15.0. The summed E-state index contributed by atoms with van der Waals surface area (Å²) in [7, 11) is 0. The highest BCUT2D eigenvalue weighted by Gasteiger charge is 2.08. The summed E-state index contributed by atoms with van der Waals surface area (Å²) in [4.78, 5) is 27.1. The van der Waals surface area contributed by atoms with Gasteiger partial charge in [-0.15, -0.1) is 0 Å². The third-order valence-corrected chi connectivity index (χ3v) is 3.53. The molecule has 0 radical (unpaired) electrons. The van der Waals surface area contributed by atoms with E-state index in [1.165, 1.54) is 24.3 Å². The fourth-order valence-corrected chi connectivity index (χ4v) is 2.35. The summed E-state index contributed by atoms with van der Waals surface area (Å²) >= 11 is 0. The van der Waals surface area contributed by atoms with Gasteiger partial charge < -0.3 is 9.72 Å². The van der Waals surface area contributed by atoms with Crippen LogP contribution in [0, 0.1) is 12.7 Å². The van der Waals surface area contributed by atoms with Crippen molar-refractivity contribution in [1.82, 2.24) is 9.55 Å². The van der Waals surface area contributed by atoms with Gasteiger partial charge in [0.15, 0.2) is 0 Å². The first-order valence-electron chi connectivity index (χ1n) is 7.16. The zero-order chi connectivity index (χ0) is 16.4. The van der Waals surface area contributed by atoms with Gasteiger partial charge in [-0.05, 0) is 43.3 Å². The van der Waals surface area contributed by atoms with E-state index < -0.39 is 5.69 Å². The number of hydrogen-bond donors (Lipinski definition) is 1. The summed E-state index contributed by atoms with van der Waals surface area (Å²) in [5.41, 5.74) is 0.626. The van der Waals surface area contributed by atoms with E-state index in [0.717, 1.165) is 10.1 Å². The smallest absolute Gasteiger partial charge is 0.328 e. The van der Waals surface area contributed by atoms with Crippen LogP contribution in [0.3, 0.4) is 0 Å². The van der Waals surface area contributed by atoms with Gasteiger partial charge in [0.05, 0.1) is 17.4 Å². The highest BCUT2D eigenvalue weighted by Crippen LogP contribution is 2.11. The van der Waals surface area contributed by atoms with Crippen LogP contribution in [0.1, 0.15) is 5.56 Å². The second kappa shape index (κ2) is 6.08. The molecular weight excluding hydrogens is 299 g/mol. The number of nitrogens with zero attached hydrogens (tertiary/aromatic N) is 1. The summed E-state index contributed by atoms with van der Waals surface area (Å²) in [6, 6.07) is 10.8. The minimum absolute atomic E-state index is 0.107. The number of aryl methyl sites for hydroxylation is 1.